The standard InChI is InChI=1S/C8H14N4/c1-2-12-4-3-6-7(5-12)11-8(9)10-6/h2-5H2,1H3,(H3,9,10,11). The Kier molecular flexibility index (Phi) is 1.77. The van der Waals surface area contributed by atoms with Crippen LogP contribution in [0.25, 0.3) is 0 Å². The third kappa shape index (κ3) is 1.18. The predicted octanol–water partition coefficient (Wildman–Crippen LogP) is 0.370. The molecule has 4 nitrogen and oxygen atoms in total. The van der Waals surface area contributed by atoms with Gasteiger partial charge in [-0.05, 0) is 6.54 Å². The number of imidazole rings is 1. The van der Waals surface area contributed by atoms with Crippen molar-refractivity contribution in [1.29, 1.82) is 0 Å². The molecule has 0 bridgehead atoms. The Morgan fingerprint density at radius 2 is 2.50 bits per heavy atom. The van der Waals surface area contributed by atoms with Crippen molar-refractivity contribution in [2.45, 2.75) is 19.9 Å². The van der Waals surface area contributed by atoms with Crippen LogP contribution in [-0.2, 0) is 13.0 Å². The van der Waals surface area contributed by atoms with Gasteiger partial charge in [-0.25, -0.2) is 4.98 Å². The van der Waals surface area contributed by atoms with Gasteiger partial charge in [0.1, 0.15) is 0 Å². The number of likely N-dealkylation sites (N-methyl/N-ethyl adjacent to an activating group) is 1. The summed E-state index contributed by atoms with van der Waals surface area (Å²) < 4.78 is 0. The van der Waals surface area contributed by atoms with Gasteiger partial charge in [0.2, 0.25) is 0 Å². The van der Waals surface area contributed by atoms with Crippen LogP contribution in [0.15, 0.2) is 0 Å². The second-order valence-electron chi connectivity index (χ2n) is 3.17. The molecule has 3 N–H and O–H groups in total. The van der Waals surface area contributed by atoms with Crippen LogP contribution in [-0.4, -0.2) is 28.0 Å². The lowest BCUT2D eigenvalue weighted by molar-refractivity contribution is 0.264. The van der Waals surface area contributed by atoms with Crippen LogP contribution in [0, 0.1) is 0 Å². The number of hydrogen-bond acceptors (Lipinski definition) is 3. The lowest BCUT2D eigenvalue weighted by atomic mass is 10.1. The highest BCUT2D eigenvalue weighted by atomic mass is 15.2. The molecule has 2 rings (SSSR count). The quantitative estimate of drug-likeness (QED) is 0.633. The zero-order valence-electron chi connectivity index (χ0n) is 7.30. The molecule has 0 saturated heterocycles. The zero-order valence-corrected chi connectivity index (χ0v) is 7.30. The maximum absolute atomic E-state index is 5.56. The Hall–Kier alpha value is -1.03. The van der Waals surface area contributed by atoms with Gasteiger partial charge in [0.25, 0.3) is 0 Å². The fraction of sp³-hybridized carbons (Fsp3) is 0.625. The molecule has 12 heavy (non-hydrogen) atoms. The summed E-state index contributed by atoms with van der Waals surface area (Å²) >= 11 is 0. The van der Waals surface area contributed by atoms with E-state index in [4.69, 9.17) is 5.73 Å². The van der Waals surface area contributed by atoms with Crippen molar-refractivity contribution >= 4 is 5.95 Å². The van der Waals surface area contributed by atoms with E-state index < -0.39 is 0 Å². The summed E-state index contributed by atoms with van der Waals surface area (Å²) in [6, 6.07) is 0. The van der Waals surface area contributed by atoms with Crippen LogP contribution >= 0.6 is 0 Å². The van der Waals surface area contributed by atoms with Crippen molar-refractivity contribution in [3.05, 3.63) is 11.4 Å². The van der Waals surface area contributed by atoms with E-state index >= 15 is 0 Å². The van der Waals surface area contributed by atoms with Gasteiger partial charge in [0.15, 0.2) is 5.95 Å². The second kappa shape index (κ2) is 2.79. The van der Waals surface area contributed by atoms with E-state index in [0.29, 0.717) is 5.95 Å². The summed E-state index contributed by atoms with van der Waals surface area (Å²) in [5.41, 5.74) is 7.91. The van der Waals surface area contributed by atoms with E-state index in [1.54, 1.807) is 0 Å². The monoisotopic (exact) mass is 166 g/mol. The molecule has 1 aromatic rings. The number of aromatic amines is 1. The van der Waals surface area contributed by atoms with Crippen molar-refractivity contribution < 1.29 is 0 Å². The zero-order chi connectivity index (χ0) is 8.55. The van der Waals surface area contributed by atoms with E-state index in [-0.39, 0.29) is 0 Å². The SMILES string of the molecule is CCN1CCc2nc(N)[nH]c2C1. The van der Waals surface area contributed by atoms with Crippen LogP contribution in [0.5, 0.6) is 0 Å². The molecular formula is C8H14N4. The number of nitrogen functional groups attached to an aromatic ring is 1. The van der Waals surface area contributed by atoms with Gasteiger partial charge >= 0.3 is 0 Å². The molecule has 0 atom stereocenters. The molecule has 0 fully saturated rings. The number of nitrogens with two attached hydrogens (primary N) is 1. The van der Waals surface area contributed by atoms with Gasteiger partial charge in [-0.2, -0.15) is 0 Å². The van der Waals surface area contributed by atoms with Gasteiger partial charge in [-0.1, -0.05) is 6.92 Å². The van der Waals surface area contributed by atoms with Crippen LogP contribution < -0.4 is 5.73 Å². The maximum Gasteiger partial charge on any atom is 0.197 e. The third-order valence-electron chi connectivity index (χ3n) is 2.38. The average Bonchev–Trinajstić information content (AvgIpc) is 2.43. The number of anilines is 1. The minimum absolute atomic E-state index is 0.554. The molecule has 0 aliphatic carbocycles. The van der Waals surface area contributed by atoms with Crippen LogP contribution in [0.3, 0.4) is 0 Å². The number of fused-ring (bicyclic) bond motifs is 1. The molecule has 0 saturated carbocycles. The first kappa shape index (κ1) is 7.61. The van der Waals surface area contributed by atoms with Gasteiger partial charge < -0.3 is 10.7 Å². The predicted molar refractivity (Wildman–Crippen MR) is 47.7 cm³/mol. The first-order valence-electron chi connectivity index (χ1n) is 4.35. The van der Waals surface area contributed by atoms with Crippen LogP contribution in [0.2, 0.25) is 0 Å². The Labute approximate surface area is 71.8 Å². The first-order chi connectivity index (χ1) is 5.79. The number of aromatic nitrogens is 2. The molecule has 1 aromatic heterocycles. The van der Waals surface area contributed by atoms with E-state index in [2.05, 4.69) is 21.8 Å². The summed E-state index contributed by atoms with van der Waals surface area (Å²) in [5.74, 6) is 0.554. The Bertz CT molecular complexity index is 279. The van der Waals surface area contributed by atoms with E-state index in [0.717, 1.165) is 31.7 Å². The highest BCUT2D eigenvalue weighted by molar-refractivity contribution is 5.27. The maximum atomic E-state index is 5.56. The molecule has 0 aromatic carbocycles. The molecule has 4 heteroatoms. The van der Waals surface area contributed by atoms with Gasteiger partial charge in [-0.15, -0.1) is 0 Å². The fourth-order valence-electron chi connectivity index (χ4n) is 1.64. The van der Waals surface area contributed by atoms with Crippen molar-refractivity contribution in [3.8, 4) is 0 Å². The molecule has 2 heterocycles. The second-order valence-corrected chi connectivity index (χ2v) is 3.17. The van der Waals surface area contributed by atoms with Crippen molar-refractivity contribution in [3.63, 3.8) is 0 Å². The Morgan fingerprint density at radius 1 is 1.67 bits per heavy atom. The number of nitrogens with one attached hydrogen (secondary N) is 1. The number of H-pyrrole nitrogens is 1. The van der Waals surface area contributed by atoms with E-state index in [1.807, 2.05) is 0 Å². The van der Waals surface area contributed by atoms with Crippen molar-refractivity contribution in [1.82, 2.24) is 14.9 Å². The minimum atomic E-state index is 0.554. The smallest absolute Gasteiger partial charge is 0.197 e. The molecule has 0 spiro atoms. The summed E-state index contributed by atoms with van der Waals surface area (Å²) in [4.78, 5) is 9.68. The molecular weight excluding hydrogens is 152 g/mol. The lowest BCUT2D eigenvalue weighted by Gasteiger charge is -2.23. The Morgan fingerprint density at radius 3 is 3.25 bits per heavy atom. The summed E-state index contributed by atoms with van der Waals surface area (Å²) in [7, 11) is 0. The number of nitrogens with zero attached hydrogens (tertiary/aromatic N) is 2. The normalized spacial score (nSPS) is 17.8. The third-order valence-corrected chi connectivity index (χ3v) is 2.38. The number of rotatable bonds is 1. The minimum Gasteiger partial charge on any atom is -0.369 e. The average molecular weight is 166 g/mol. The molecule has 66 valence electrons. The molecule has 1 aliphatic rings. The topological polar surface area (TPSA) is 57.9 Å². The van der Waals surface area contributed by atoms with Gasteiger partial charge in [0, 0.05) is 19.5 Å². The highest BCUT2D eigenvalue weighted by Gasteiger charge is 2.17. The number of hydrogen-bond donors (Lipinski definition) is 2. The van der Waals surface area contributed by atoms with Gasteiger partial charge in [-0.3, -0.25) is 4.90 Å². The lowest BCUT2D eigenvalue weighted by Crippen LogP contribution is -2.30. The van der Waals surface area contributed by atoms with Crippen LogP contribution in [0.1, 0.15) is 18.3 Å². The van der Waals surface area contributed by atoms with E-state index in [9.17, 15) is 0 Å². The van der Waals surface area contributed by atoms with Gasteiger partial charge in [0.05, 0.1) is 11.4 Å². The Balaban J connectivity index is 2.22. The highest BCUT2D eigenvalue weighted by Crippen LogP contribution is 2.16. The summed E-state index contributed by atoms with van der Waals surface area (Å²) in [5, 5.41) is 0. The van der Waals surface area contributed by atoms with Crippen molar-refractivity contribution in [2.75, 3.05) is 18.8 Å². The van der Waals surface area contributed by atoms with E-state index in [1.165, 1.54) is 5.69 Å². The summed E-state index contributed by atoms with van der Waals surface area (Å²) in [6.45, 7) is 5.34. The largest absolute Gasteiger partial charge is 0.369 e. The van der Waals surface area contributed by atoms with Crippen LogP contribution in [0.4, 0.5) is 5.95 Å². The molecule has 1 aliphatic heterocycles. The fourth-order valence-corrected chi connectivity index (χ4v) is 1.64. The first-order valence-corrected chi connectivity index (χ1v) is 4.35. The molecule has 0 radical (unpaired) electrons. The molecule has 0 amide bonds. The van der Waals surface area contributed by atoms with Crippen molar-refractivity contribution in [2.24, 2.45) is 0 Å². The molecule has 0 unspecified atom stereocenters. The summed E-state index contributed by atoms with van der Waals surface area (Å²) in [6.07, 6.45) is 1.02.